The number of hydrogen-bond acceptors (Lipinski definition) is 7. The monoisotopic (exact) mass is 572 g/mol. The van der Waals surface area contributed by atoms with E-state index in [0.717, 1.165) is 18.4 Å². The second kappa shape index (κ2) is 16.6. The van der Waals surface area contributed by atoms with Gasteiger partial charge in [0, 0.05) is 39.9 Å². The van der Waals surface area contributed by atoms with Gasteiger partial charge in [0.25, 0.3) is 0 Å². The normalized spacial score (nSPS) is 19.1. The summed E-state index contributed by atoms with van der Waals surface area (Å²) in [5, 5.41) is 8.76. The van der Waals surface area contributed by atoms with Crippen LogP contribution in [0.25, 0.3) is 0 Å². The number of nitrogens with one attached hydrogen (secondary N) is 2. The van der Waals surface area contributed by atoms with Crippen LogP contribution in [-0.4, -0.2) is 109 Å². The Hall–Kier alpha value is -3.64. The van der Waals surface area contributed by atoms with Crippen molar-refractivity contribution in [3.8, 4) is 0 Å². The lowest BCUT2D eigenvalue weighted by atomic mass is 10.0. The lowest BCUT2D eigenvalue weighted by molar-refractivity contribution is -0.187. The highest BCUT2D eigenvalue weighted by Crippen LogP contribution is 2.28. The third kappa shape index (κ3) is 9.19. The number of unbranched alkanes of at least 4 members (excludes halogenated alkanes) is 1. The molecule has 2 aliphatic heterocycles. The molecule has 0 aromatic heterocycles. The largest absolute Gasteiger partial charge is 0.445 e. The number of carbonyl (C=O) groups is 4. The molecule has 0 bridgehead atoms. The van der Waals surface area contributed by atoms with Gasteiger partial charge in [-0.3, -0.25) is 9.59 Å². The number of likely N-dealkylation sites (N-methyl/N-ethyl adjacent to an activating group) is 1. The fraction of sp³-hybridized carbons (Fsp3) is 0.586. The third-order valence-corrected chi connectivity index (χ3v) is 7.05. The van der Waals surface area contributed by atoms with Crippen molar-refractivity contribution in [3.63, 3.8) is 0 Å². The fourth-order valence-corrected chi connectivity index (χ4v) is 5.02. The van der Waals surface area contributed by atoms with Gasteiger partial charge in [-0.05, 0) is 31.2 Å². The maximum atomic E-state index is 13.7. The first-order valence-electron chi connectivity index (χ1n) is 14.4. The molecule has 2 N–H and O–H groups in total. The molecular weight excluding hydrogens is 528 g/mol. The number of hydrazine groups is 1. The molecule has 3 rings (SSSR count). The molecule has 2 fully saturated rings. The van der Waals surface area contributed by atoms with E-state index in [1.807, 2.05) is 30.3 Å². The van der Waals surface area contributed by atoms with E-state index < -0.39 is 18.3 Å². The quantitative estimate of drug-likeness (QED) is 0.244. The topological polar surface area (TPSA) is 124 Å². The van der Waals surface area contributed by atoms with E-state index in [1.54, 1.807) is 26.9 Å². The van der Waals surface area contributed by atoms with E-state index >= 15 is 0 Å². The Kier molecular flexibility index (Phi) is 12.9. The van der Waals surface area contributed by atoms with Crippen LogP contribution >= 0.6 is 0 Å². The Morgan fingerprint density at radius 2 is 1.85 bits per heavy atom. The molecule has 0 saturated carbocycles. The minimum absolute atomic E-state index is 0.0313. The number of ether oxygens (including phenoxy) is 2. The van der Waals surface area contributed by atoms with Crippen LogP contribution in [0, 0.1) is 0 Å². The number of benzene rings is 1. The molecule has 0 radical (unpaired) electrons. The van der Waals surface area contributed by atoms with Crippen LogP contribution in [0.15, 0.2) is 43.0 Å². The maximum absolute atomic E-state index is 13.7. The minimum atomic E-state index is -0.758. The highest BCUT2D eigenvalue weighted by atomic mass is 16.5. The van der Waals surface area contributed by atoms with Crippen LogP contribution in [0.2, 0.25) is 0 Å². The van der Waals surface area contributed by atoms with Gasteiger partial charge in [0.1, 0.15) is 18.8 Å². The number of nitrogens with zero attached hydrogens (tertiary/aromatic N) is 4. The summed E-state index contributed by atoms with van der Waals surface area (Å²) in [5.41, 5.74) is 0.953. The van der Waals surface area contributed by atoms with Crippen molar-refractivity contribution in [1.82, 2.24) is 30.5 Å². The Morgan fingerprint density at radius 3 is 2.59 bits per heavy atom. The van der Waals surface area contributed by atoms with Crippen LogP contribution in [0.3, 0.4) is 0 Å². The molecule has 2 aliphatic rings. The SMILES string of the molecule is C=CCOC(=O)NCCC[C@H]1C(=O)N(CCCOCCCC)C[C@H]2N1C(=O)CN(C)N2C(=O)NCc1ccccc1. The third-order valence-electron chi connectivity index (χ3n) is 7.05. The standard InChI is InChI=1S/C29H44N6O6/c1-4-6-18-40-19-11-16-33-21-25-34(24(27(33)37)14-10-15-30-29(39)41-17-5-2)26(36)22-32(3)35(25)28(38)31-20-23-12-8-7-9-13-23/h5,7-9,12-13,24-25H,2,4,6,10-11,14-22H2,1,3H3,(H,30,39)(H,31,38)/t24-,25-/m0/s1. The van der Waals surface area contributed by atoms with Gasteiger partial charge >= 0.3 is 12.1 Å². The highest BCUT2D eigenvalue weighted by molar-refractivity contribution is 5.91. The number of alkyl carbamates (subject to hydrolysis) is 1. The number of rotatable bonds is 15. The Labute approximate surface area is 242 Å². The summed E-state index contributed by atoms with van der Waals surface area (Å²) in [4.78, 5) is 55.5. The average Bonchev–Trinajstić information content (AvgIpc) is 2.96. The molecule has 226 valence electrons. The molecule has 2 atom stereocenters. The molecule has 12 nitrogen and oxygen atoms in total. The van der Waals surface area contributed by atoms with E-state index in [0.29, 0.717) is 45.6 Å². The van der Waals surface area contributed by atoms with E-state index in [1.165, 1.54) is 6.08 Å². The van der Waals surface area contributed by atoms with Gasteiger partial charge in [0.15, 0.2) is 0 Å². The number of hydrogen-bond donors (Lipinski definition) is 2. The Morgan fingerprint density at radius 1 is 1.10 bits per heavy atom. The number of piperazine rings is 1. The fourth-order valence-electron chi connectivity index (χ4n) is 5.02. The van der Waals surface area contributed by atoms with E-state index in [-0.39, 0.29) is 44.1 Å². The average molecular weight is 573 g/mol. The summed E-state index contributed by atoms with van der Waals surface area (Å²) < 4.78 is 10.6. The smallest absolute Gasteiger partial charge is 0.407 e. The highest BCUT2D eigenvalue weighted by Gasteiger charge is 2.50. The summed E-state index contributed by atoms with van der Waals surface area (Å²) in [6, 6.07) is 8.48. The zero-order chi connectivity index (χ0) is 29.6. The molecular formula is C29H44N6O6. The van der Waals surface area contributed by atoms with E-state index in [9.17, 15) is 19.2 Å². The van der Waals surface area contributed by atoms with Crippen molar-refractivity contribution in [1.29, 1.82) is 0 Å². The maximum Gasteiger partial charge on any atom is 0.407 e. The summed E-state index contributed by atoms with van der Waals surface area (Å²) >= 11 is 0. The molecule has 2 heterocycles. The van der Waals surface area contributed by atoms with Crippen LogP contribution in [0.1, 0.15) is 44.6 Å². The number of fused-ring (bicyclic) bond motifs is 1. The molecule has 0 unspecified atom stereocenters. The number of carbonyl (C=O) groups excluding carboxylic acids is 4. The van der Waals surface area contributed by atoms with Gasteiger partial charge in [-0.15, -0.1) is 0 Å². The van der Waals surface area contributed by atoms with Gasteiger partial charge < -0.3 is 29.9 Å². The summed E-state index contributed by atoms with van der Waals surface area (Å²) in [7, 11) is 1.70. The first-order valence-corrected chi connectivity index (χ1v) is 14.4. The lowest BCUT2D eigenvalue weighted by Crippen LogP contribution is -2.76. The zero-order valence-electron chi connectivity index (χ0n) is 24.3. The van der Waals surface area contributed by atoms with Gasteiger partial charge in [0.2, 0.25) is 11.8 Å². The van der Waals surface area contributed by atoms with Crippen LogP contribution in [0.4, 0.5) is 9.59 Å². The second-order valence-corrected chi connectivity index (χ2v) is 10.2. The molecule has 5 amide bonds. The predicted octanol–water partition coefficient (Wildman–Crippen LogP) is 2.32. The van der Waals surface area contributed by atoms with Crippen LogP contribution < -0.4 is 10.6 Å². The first-order chi connectivity index (χ1) is 19.9. The Bertz CT molecular complexity index is 1020. The molecule has 2 saturated heterocycles. The van der Waals surface area contributed by atoms with Crippen LogP contribution in [0.5, 0.6) is 0 Å². The number of amides is 5. The van der Waals surface area contributed by atoms with E-state index in [2.05, 4.69) is 24.1 Å². The number of urea groups is 1. The van der Waals surface area contributed by atoms with Gasteiger partial charge in [0.05, 0.1) is 13.1 Å². The van der Waals surface area contributed by atoms with Gasteiger partial charge in [-0.25, -0.2) is 19.6 Å². The molecule has 1 aromatic rings. The molecule has 41 heavy (non-hydrogen) atoms. The van der Waals surface area contributed by atoms with Crippen molar-refractivity contribution in [2.24, 2.45) is 0 Å². The van der Waals surface area contributed by atoms with Crippen molar-refractivity contribution in [3.05, 3.63) is 48.6 Å². The zero-order valence-corrected chi connectivity index (χ0v) is 24.3. The summed E-state index contributed by atoms with van der Waals surface area (Å²) in [5.74, 6) is -0.379. The van der Waals surface area contributed by atoms with Crippen molar-refractivity contribution in [2.45, 2.75) is 57.8 Å². The summed E-state index contributed by atoms with van der Waals surface area (Å²) in [6.45, 7) is 8.16. The molecule has 0 aliphatic carbocycles. The van der Waals surface area contributed by atoms with E-state index in [4.69, 9.17) is 9.47 Å². The molecule has 0 spiro atoms. The lowest BCUT2D eigenvalue weighted by Gasteiger charge is -2.54. The van der Waals surface area contributed by atoms with Gasteiger partial charge in [-0.1, -0.05) is 56.3 Å². The minimum Gasteiger partial charge on any atom is -0.445 e. The van der Waals surface area contributed by atoms with Crippen molar-refractivity contribution in [2.75, 3.05) is 53.0 Å². The van der Waals surface area contributed by atoms with Crippen LogP contribution in [-0.2, 0) is 25.6 Å². The van der Waals surface area contributed by atoms with Crippen molar-refractivity contribution < 1.29 is 28.7 Å². The first kappa shape index (κ1) is 31.9. The molecule has 1 aromatic carbocycles. The Balaban J connectivity index is 1.72. The summed E-state index contributed by atoms with van der Waals surface area (Å²) in [6.07, 6.45) is 3.70. The second-order valence-electron chi connectivity index (χ2n) is 10.2. The van der Waals surface area contributed by atoms with Crippen molar-refractivity contribution >= 4 is 23.9 Å². The molecule has 12 heteroatoms. The van der Waals surface area contributed by atoms with Gasteiger partial charge in [-0.2, -0.15) is 0 Å². The predicted molar refractivity (Wildman–Crippen MR) is 153 cm³/mol.